The van der Waals surface area contributed by atoms with Gasteiger partial charge in [-0.05, 0) is 55.0 Å². The van der Waals surface area contributed by atoms with E-state index in [4.69, 9.17) is 4.74 Å². The van der Waals surface area contributed by atoms with Crippen molar-refractivity contribution in [3.63, 3.8) is 0 Å². The first-order chi connectivity index (χ1) is 18.5. The van der Waals surface area contributed by atoms with E-state index in [1.165, 1.54) is 4.90 Å². The van der Waals surface area contributed by atoms with Crippen molar-refractivity contribution in [3.8, 4) is 11.9 Å². The second-order valence-electron chi connectivity index (χ2n) is 9.14. The molecule has 194 valence electrons. The van der Waals surface area contributed by atoms with Gasteiger partial charge in [-0.3, -0.25) is 10.1 Å². The molecule has 0 saturated carbocycles. The highest BCUT2D eigenvalue weighted by Crippen LogP contribution is 2.44. The van der Waals surface area contributed by atoms with E-state index in [9.17, 15) is 20.0 Å². The third-order valence-electron chi connectivity index (χ3n) is 7.01. The number of carbonyl (C=O) groups excluding carboxylic acids is 1. The second kappa shape index (κ2) is 10.4. The molecule has 1 atom stereocenters. The van der Waals surface area contributed by atoms with Gasteiger partial charge in [-0.15, -0.1) is 0 Å². The first-order valence-corrected chi connectivity index (χ1v) is 12.5. The molecule has 38 heavy (non-hydrogen) atoms. The molecule has 10 heteroatoms. The van der Waals surface area contributed by atoms with E-state index in [0.717, 1.165) is 11.3 Å². The Bertz CT molecular complexity index is 1400. The minimum atomic E-state index is -1.31. The molecule has 10 nitrogen and oxygen atoms in total. The van der Waals surface area contributed by atoms with Crippen molar-refractivity contribution in [1.29, 1.82) is 5.26 Å². The van der Waals surface area contributed by atoms with Crippen molar-refractivity contribution in [2.45, 2.75) is 19.0 Å². The lowest BCUT2D eigenvalue weighted by Gasteiger charge is -2.34. The molecule has 2 amide bonds. The van der Waals surface area contributed by atoms with Gasteiger partial charge in [-0.25, -0.2) is 9.78 Å². The predicted octanol–water partition coefficient (Wildman–Crippen LogP) is 3.14. The summed E-state index contributed by atoms with van der Waals surface area (Å²) in [6.45, 7) is 4.80. The molecule has 1 unspecified atom stereocenters. The van der Waals surface area contributed by atoms with Gasteiger partial charge < -0.3 is 25.0 Å². The van der Waals surface area contributed by atoms with Crippen molar-refractivity contribution < 1.29 is 19.4 Å². The number of pyridine rings is 1. The van der Waals surface area contributed by atoms with Gasteiger partial charge in [-0.1, -0.05) is 12.1 Å². The molecule has 2 aliphatic rings. The fraction of sp³-hybridized carbons (Fsp3) is 0.286. The van der Waals surface area contributed by atoms with Gasteiger partial charge in [0.2, 0.25) is 5.88 Å². The Hall–Kier alpha value is -4.62. The second-order valence-corrected chi connectivity index (χ2v) is 9.14. The monoisotopic (exact) mass is 512 g/mol. The highest BCUT2D eigenvalue weighted by Gasteiger charge is 2.50. The topological polar surface area (TPSA) is 131 Å². The highest BCUT2D eigenvalue weighted by molar-refractivity contribution is 6.08. The van der Waals surface area contributed by atoms with Crippen LogP contribution in [-0.2, 0) is 16.9 Å². The summed E-state index contributed by atoms with van der Waals surface area (Å²) in [6.07, 6.45) is 0.733. The van der Waals surface area contributed by atoms with Gasteiger partial charge >= 0.3 is 6.09 Å². The summed E-state index contributed by atoms with van der Waals surface area (Å²) < 4.78 is 5.81. The maximum atomic E-state index is 13.7. The lowest BCUT2D eigenvalue weighted by Crippen LogP contribution is -2.49. The summed E-state index contributed by atoms with van der Waals surface area (Å²) in [6, 6.07) is 18.9. The van der Waals surface area contributed by atoms with Gasteiger partial charge in [0.25, 0.3) is 5.91 Å². The number of nitrogens with one attached hydrogen (secondary N) is 2. The number of piperazine rings is 1. The lowest BCUT2D eigenvalue weighted by atomic mass is 9.83. The summed E-state index contributed by atoms with van der Waals surface area (Å²) >= 11 is 0. The van der Waals surface area contributed by atoms with Crippen LogP contribution < -0.4 is 20.3 Å². The Morgan fingerprint density at radius 2 is 1.92 bits per heavy atom. The quantitative estimate of drug-likeness (QED) is 0.440. The number of carboxylic acid groups (broad SMARTS) is 1. The summed E-state index contributed by atoms with van der Waals surface area (Å²) in [5.41, 5.74) is 2.94. The average molecular weight is 513 g/mol. The Labute approximate surface area is 220 Å². The Morgan fingerprint density at radius 3 is 2.61 bits per heavy atom. The van der Waals surface area contributed by atoms with Crippen LogP contribution in [0.2, 0.25) is 0 Å². The first kappa shape index (κ1) is 25.0. The molecule has 3 heterocycles. The number of hydrogen-bond donors (Lipinski definition) is 3. The van der Waals surface area contributed by atoms with Crippen LogP contribution in [0.15, 0.2) is 60.8 Å². The van der Waals surface area contributed by atoms with Crippen LogP contribution in [0.3, 0.4) is 0 Å². The van der Waals surface area contributed by atoms with Crippen LogP contribution in [-0.4, -0.2) is 59.8 Å². The van der Waals surface area contributed by atoms with Crippen molar-refractivity contribution in [1.82, 2.24) is 15.2 Å². The standard InChI is InChI=1S/C28H28N6O4/c1-2-38-25-22(4-3-11-30-25)28(23-16-20(17-29)7-10-24(23)32-26(28)35)31-18-19-5-8-21(9-6-19)33-12-14-34(15-13-33)27(36)37/h3-11,16,31H,2,12-15,18H2,1H3,(H,32,35)(H,36,37). The number of benzene rings is 2. The zero-order valence-corrected chi connectivity index (χ0v) is 21.0. The summed E-state index contributed by atoms with van der Waals surface area (Å²) in [4.78, 5) is 32.8. The number of rotatable bonds is 7. The van der Waals surface area contributed by atoms with E-state index in [-0.39, 0.29) is 5.91 Å². The largest absolute Gasteiger partial charge is 0.478 e. The van der Waals surface area contributed by atoms with E-state index in [1.807, 2.05) is 37.3 Å². The molecule has 1 aromatic heterocycles. The van der Waals surface area contributed by atoms with Crippen molar-refractivity contribution >= 4 is 23.4 Å². The van der Waals surface area contributed by atoms with Crippen molar-refractivity contribution in [3.05, 3.63) is 83.0 Å². The molecule has 2 aliphatic heterocycles. The number of aromatic nitrogens is 1. The SMILES string of the molecule is CCOc1ncccc1C1(NCc2ccc(N3CCN(C(=O)O)CC3)cc2)C(=O)Nc2ccc(C#N)cc21. The number of carbonyl (C=O) groups is 2. The van der Waals surface area contributed by atoms with E-state index in [1.54, 1.807) is 30.5 Å². The first-order valence-electron chi connectivity index (χ1n) is 12.5. The van der Waals surface area contributed by atoms with Gasteiger partial charge in [0, 0.05) is 61.4 Å². The number of fused-ring (bicyclic) bond motifs is 1. The summed E-state index contributed by atoms with van der Waals surface area (Å²) in [5, 5.41) is 25.2. The zero-order chi connectivity index (χ0) is 26.7. The molecule has 2 aromatic carbocycles. The molecular formula is C28H28N6O4. The third kappa shape index (κ3) is 4.48. The molecule has 3 N–H and O–H groups in total. The van der Waals surface area contributed by atoms with Crippen molar-refractivity contribution in [2.24, 2.45) is 0 Å². The fourth-order valence-corrected chi connectivity index (χ4v) is 5.05. The van der Waals surface area contributed by atoms with Crippen molar-refractivity contribution in [2.75, 3.05) is 43.0 Å². The molecule has 0 aliphatic carbocycles. The Morgan fingerprint density at radius 1 is 1.16 bits per heavy atom. The molecule has 3 aromatic rings. The molecule has 0 bridgehead atoms. The molecule has 0 spiro atoms. The number of anilines is 2. The molecule has 1 fully saturated rings. The average Bonchev–Trinajstić information content (AvgIpc) is 3.23. The van der Waals surface area contributed by atoms with E-state index in [0.29, 0.717) is 67.6 Å². The number of nitriles is 1. The van der Waals surface area contributed by atoms with Crippen LogP contribution in [0.4, 0.5) is 16.2 Å². The fourth-order valence-electron chi connectivity index (χ4n) is 5.05. The van der Waals surface area contributed by atoms with E-state index >= 15 is 0 Å². The van der Waals surface area contributed by atoms with E-state index in [2.05, 4.69) is 26.6 Å². The maximum absolute atomic E-state index is 13.7. The normalized spacial score (nSPS) is 18.5. The maximum Gasteiger partial charge on any atom is 0.407 e. The molecule has 0 radical (unpaired) electrons. The number of nitrogens with zero attached hydrogens (tertiary/aromatic N) is 4. The highest BCUT2D eigenvalue weighted by atomic mass is 16.5. The number of hydrogen-bond acceptors (Lipinski definition) is 7. The molecule has 1 saturated heterocycles. The smallest absolute Gasteiger partial charge is 0.407 e. The van der Waals surface area contributed by atoms with Crippen LogP contribution in [0, 0.1) is 11.3 Å². The van der Waals surface area contributed by atoms with Gasteiger partial charge in [-0.2, -0.15) is 5.26 Å². The predicted molar refractivity (Wildman–Crippen MR) is 141 cm³/mol. The minimum absolute atomic E-state index is 0.274. The van der Waals surface area contributed by atoms with E-state index < -0.39 is 11.6 Å². The Kier molecular flexibility index (Phi) is 6.85. The van der Waals surface area contributed by atoms with Gasteiger partial charge in [0.1, 0.15) is 0 Å². The van der Waals surface area contributed by atoms with Crippen LogP contribution in [0.5, 0.6) is 5.88 Å². The number of amides is 2. The Balaban J connectivity index is 1.44. The third-order valence-corrected chi connectivity index (χ3v) is 7.01. The van der Waals surface area contributed by atoms with Crippen LogP contribution in [0.1, 0.15) is 29.2 Å². The van der Waals surface area contributed by atoms with Gasteiger partial charge in [0.05, 0.1) is 18.2 Å². The number of ether oxygens (including phenoxy) is 1. The van der Waals surface area contributed by atoms with Gasteiger partial charge in [0.15, 0.2) is 5.54 Å². The summed E-state index contributed by atoms with van der Waals surface area (Å²) in [5.74, 6) is 0.0770. The molecular weight excluding hydrogens is 484 g/mol. The van der Waals surface area contributed by atoms with Crippen LogP contribution >= 0.6 is 0 Å². The molecule has 5 rings (SSSR count). The van der Waals surface area contributed by atoms with Crippen LogP contribution in [0.25, 0.3) is 0 Å². The minimum Gasteiger partial charge on any atom is -0.478 e. The zero-order valence-electron chi connectivity index (χ0n) is 21.0. The lowest BCUT2D eigenvalue weighted by molar-refractivity contribution is -0.120. The summed E-state index contributed by atoms with van der Waals surface area (Å²) in [7, 11) is 0.